The molecule has 0 aromatic carbocycles. The molecule has 0 radical (unpaired) electrons. The zero-order chi connectivity index (χ0) is 8.27. The fraction of sp³-hybridized carbons (Fsp3) is 0.167. The van der Waals surface area contributed by atoms with Gasteiger partial charge in [0, 0.05) is 0 Å². The first-order valence-electron chi connectivity index (χ1n) is 2.81. The van der Waals surface area contributed by atoms with E-state index in [4.69, 9.17) is 0 Å². The van der Waals surface area contributed by atoms with Gasteiger partial charge in [-0.1, -0.05) is 0 Å². The van der Waals surface area contributed by atoms with Gasteiger partial charge in [0.1, 0.15) is 4.60 Å². The number of aromatic nitrogens is 2. The van der Waals surface area contributed by atoms with Crippen LogP contribution < -0.4 is 0 Å². The number of hydrogen-bond donors (Lipinski definition) is 0. The molecule has 1 rings (SSSR count). The number of halogens is 1. The number of aryl methyl sites for hydroxylation is 1. The van der Waals surface area contributed by atoms with Crippen molar-refractivity contribution in [1.82, 2.24) is 9.97 Å². The molecule has 0 amide bonds. The first-order chi connectivity index (χ1) is 5.24. The number of isocyanates is 1. The molecule has 1 aromatic rings. The minimum atomic E-state index is 0.278. The maximum atomic E-state index is 9.80. The van der Waals surface area contributed by atoms with E-state index in [2.05, 4.69) is 30.9 Å². The Morgan fingerprint density at radius 3 is 3.00 bits per heavy atom. The summed E-state index contributed by atoms with van der Waals surface area (Å²) in [5.41, 5.74) is 0.696. The van der Waals surface area contributed by atoms with Crippen molar-refractivity contribution in [3.63, 3.8) is 0 Å². The highest BCUT2D eigenvalue weighted by Crippen LogP contribution is 2.13. The van der Waals surface area contributed by atoms with E-state index in [0.29, 0.717) is 10.3 Å². The SMILES string of the molecule is Cc1nc(N=C=O)cnc1Br. The molecule has 0 saturated carbocycles. The van der Waals surface area contributed by atoms with E-state index in [9.17, 15) is 4.79 Å². The van der Waals surface area contributed by atoms with Crippen LogP contribution in [0.3, 0.4) is 0 Å². The van der Waals surface area contributed by atoms with E-state index in [0.717, 1.165) is 0 Å². The third kappa shape index (κ3) is 1.93. The van der Waals surface area contributed by atoms with Crippen LogP contribution >= 0.6 is 15.9 Å². The second-order valence-corrected chi connectivity index (χ2v) is 2.56. The van der Waals surface area contributed by atoms with Gasteiger partial charge >= 0.3 is 0 Å². The van der Waals surface area contributed by atoms with Gasteiger partial charge in [-0.15, -0.1) is 4.99 Å². The highest BCUT2D eigenvalue weighted by Gasteiger charge is 1.97. The monoisotopic (exact) mass is 213 g/mol. The molecule has 1 heterocycles. The number of hydrogen-bond acceptors (Lipinski definition) is 4. The smallest absolute Gasteiger partial charge is 0.242 e. The molecule has 0 atom stereocenters. The van der Waals surface area contributed by atoms with Crippen molar-refractivity contribution < 1.29 is 4.79 Å². The van der Waals surface area contributed by atoms with Gasteiger partial charge in [0.15, 0.2) is 5.82 Å². The van der Waals surface area contributed by atoms with Crippen molar-refractivity contribution >= 4 is 27.8 Å². The average molecular weight is 214 g/mol. The molecule has 0 aliphatic rings. The van der Waals surface area contributed by atoms with Crippen LogP contribution in [0.1, 0.15) is 5.69 Å². The van der Waals surface area contributed by atoms with E-state index < -0.39 is 0 Å². The molecule has 1 aromatic heterocycles. The highest BCUT2D eigenvalue weighted by molar-refractivity contribution is 9.10. The second kappa shape index (κ2) is 3.37. The molecule has 0 aliphatic carbocycles. The van der Waals surface area contributed by atoms with E-state index in [1.807, 2.05) is 0 Å². The lowest BCUT2D eigenvalue weighted by molar-refractivity contribution is 0.565. The van der Waals surface area contributed by atoms with Gasteiger partial charge in [-0.05, 0) is 22.9 Å². The summed E-state index contributed by atoms with van der Waals surface area (Å²) in [5, 5.41) is 0. The molecule has 0 bridgehead atoms. The fourth-order valence-electron chi connectivity index (χ4n) is 0.555. The van der Waals surface area contributed by atoms with Crippen LogP contribution in [0, 0.1) is 6.92 Å². The normalized spacial score (nSPS) is 8.91. The molecule has 0 saturated heterocycles. The van der Waals surface area contributed by atoms with E-state index in [1.165, 1.54) is 12.3 Å². The number of aliphatic imine (C=N–C) groups is 1. The molecule has 0 aliphatic heterocycles. The van der Waals surface area contributed by atoms with Gasteiger partial charge in [-0.3, -0.25) is 0 Å². The molecule has 56 valence electrons. The number of nitrogens with zero attached hydrogens (tertiary/aromatic N) is 3. The van der Waals surface area contributed by atoms with Gasteiger partial charge in [0.05, 0.1) is 11.9 Å². The Balaban J connectivity index is 3.14. The molecular formula is C6H4BrN3O. The molecule has 0 N–H and O–H groups in total. The van der Waals surface area contributed by atoms with Crippen molar-refractivity contribution in [3.05, 3.63) is 16.5 Å². The van der Waals surface area contributed by atoms with Crippen molar-refractivity contribution in [2.75, 3.05) is 0 Å². The Kier molecular flexibility index (Phi) is 2.46. The van der Waals surface area contributed by atoms with Crippen LogP contribution in [0.5, 0.6) is 0 Å². The highest BCUT2D eigenvalue weighted by atomic mass is 79.9. The van der Waals surface area contributed by atoms with Crippen LogP contribution in [-0.2, 0) is 4.79 Å². The van der Waals surface area contributed by atoms with Crippen molar-refractivity contribution in [1.29, 1.82) is 0 Å². The van der Waals surface area contributed by atoms with Gasteiger partial charge in [-0.25, -0.2) is 14.8 Å². The largest absolute Gasteiger partial charge is 0.243 e. The lowest BCUT2D eigenvalue weighted by Gasteiger charge is -1.94. The van der Waals surface area contributed by atoms with Crippen LogP contribution in [0.25, 0.3) is 0 Å². The predicted molar refractivity (Wildman–Crippen MR) is 42.3 cm³/mol. The van der Waals surface area contributed by atoms with Crippen molar-refractivity contribution in [3.8, 4) is 0 Å². The molecular weight excluding hydrogens is 210 g/mol. The third-order valence-corrected chi connectivity index (χ3v) is 1.81. The zero-order valence-corrected chi connectivity index (χ0v) is 7.29. The maximum Gasteiger partial charge on any atom is 0.242 e. The van der Waals surface area contributed by atoms with E-state index >= 15 is 0 Å². The van der Waals surface area contributed by atoms with Gasteiger partial charge in [0.25, 0.3) is 0 Å². The third-order valence-electron chi connectivity index (χ3n) is 1.03. The summed E-state index contributed by atoms with van der Waals surface area (Å²) in [4.78, 5) is 20.9. The zero-order valence-electron chi connectivity index (χ0n) is 5.71. The maximum absolute atomic E-state index is 9.80. The molecule has 0 spiro atoms. The molecule has 11 heavy (non-hydrogen) atoms. The Morgan fingerprint density at radius 2 is 2.45 bits per heavy atom. The summed E-state index contributed by atoms with van der Waals surface area (Å²) in [5.74, 6) is 0.278. The summed E-state index contributed by atoms with van der Waals surface area (Å²) in [6.07, 6.45) is 2.78. The predicted octanol–water partition coefficient (Wildman–Crippen LogP) is 1.51. The second-order valence-electron chi connectivity index (χ2n) is 1.81. The van der Waals surface area contributed by atoms with E-state index in [1.54, 1.807) is 6.92 Å². The summed E-state index contributed by atoms with van der Waals surface area (Å²) in [6.45, 7) is 1.76. The van der Waals surface area contributed by atoms with Crippen molar-refractivity contribution in [2.45, 2.75) is 6.92 Å². The van der Waals surface area contributed by atoms with Gasteiger partial charge in [0.2, 0.25) is 6.08 Å². The number of rotatable bonds is 1. The Bertz CT molecular complexity index is 320. The lowest BCUT2D eigenvalue weighted by atomic mass is 10.5. The van der Waals surface area contributed by atoms with Gasteiger partial charge in [-0.2, -0.15) is 0 Å². The summed E-state index contributed by atoms with van der Waals surface area (Å²) < 4.78 is 0.655. The van der Waals surface area contributed by atoms with Crippen LogP contribution in [-0.4, -0.2) is 16.0 Å². The Hall–Kier alpha value is -1.06. The lowest BCUT2D eigenvalue weighted by Crippen LogP contribution is -1.85. The summed E-state index contributed by atoms with van der Waals surface area (Å²) in [7, 11) is 0. The Labute approximate surface area is 71.5 Å². The average Bonchev–Trinajstić information content (AvgIpc) is 1.98. The summed E-state index contributed by atoms with van der Waals surface area (Å²) >= 11 is 3.17. The fourth-order valence-corrected chi connectivity index (χ4v) is 0.746. The minimum absolute atomic E-state index is 0.278. The quantitative estimate of drug-likeness (QED) is 0.525. The topological polar surface area (TPSA) is 55.2 Å². The van der Waals surface area contributed by atoms with Crippen LogP contribution in [0.4, 0.5) is 5.82 Å². The van der Waals surface area contributed by atoms with E-state index in [-0.39, 0.29) is 5.82 Å². The molecule has 5 heteroatoms. The Morgan fingerprint density at radius 1 is 1.73 bits per heavy atom. The minimum Gasteiger partial charge on any atom is -0.243 e. The van der Waals surface area contributed by atoms with Crippen molar-refractivity contribution in [2.24, 2.45) is 4.99 Å². The number of carbonyl (C=O) groups excluding carboxylic acids is 1. The summed E-state index contributed by atoms with van der Waals surface area (Å²) in [6, 6.07) is 0. The first-order valence-corrected chi connectivity index (χ1v) is 3.60. The van der Waals surface area contributed by atoms with Crippen LogP contribution in [0.15, 0.2) is 15.8 Å². The molecule has 0 fully saturated rings. The van der Waals surface area contributed by atoms with Crippen LogP contribution in [0.2, 0.25) is 0 Å². The molecule has 0 unspecified atom stereocenters. The first kappa shape index (κ1) is 8.04. The molecule has 4 nitrogen and oxygen atoms in total. The standard InChI is InChI=1S/C6H4BrN3O/c1-4-6(7)8-2-5(10-4)9-3-11/h2H,1H3. The van der Waals surface area contributed by atoms with Gasteiger partial charge < -0.3 is 0 Å².